The van der Waals surface area contributed by atoms with Crippen molar-refractivity contribution in [1.29, 1.82) is 0 Å². The fourth-order valence-electron chi connectivity index (χ4n) is 4.74. The number of hydrogen-bond acceptors (Lipinski definition) is 5. The van der Waals surface area contributed by atoms with Crippen LogP contribution in [0.4, 0.5) is 5.69 Å². The van der Waals surface area contributed by atoms with Gasteiger partial charge in [0.15, 0.2) is 5.76 Å². The molecule has 1 aliphatic carbocycles. The molecule has 1 aromatic carbocycles. The van der Waals surface area contributed by atoms with Crippen molar-refractivity contribution in [2.45, 2.75) is 19.4 Å². The number of benzene rings is 1. The number of aryl methyl sites for hydroxylation is 1. The lowest BCUT2D eigenvalue weighted by Crippen LogP contribution is -2.31. The molecule has 3 unspecified atom stereocenters. The molecule has 0 saturated carbocycles. The van der Waals surface area contributed by atoms with E-state index in [2.05, 4.69) is 17.7 Å². The zero-order valence-electron chi connectivity index (χ0n) is 17.6. The Balaban J connectivity index is 1.59. The lowest BCUT2D eigenvalue weighted by atomic mass is 9.97. The van der Waals surface area contributed by atoms with E-state index in [1.165, 1.54) is 7.11 Å². The number of carbonyl (C=O) groups is 2. The van der Waals surface area contributed by atoms with Gasteiger partial charge < -0.3 is 25.1 Å². The summed E-state index contributed by atoms with van der Waals surface area (Å²) in [6.45, 7) is 4.51. The van der Waals surface area contributed by atoms with Crippen LogP contribution in [0.15, 0.2) is 41.8 Å². The number of nitrogens with one attached hydrogen (secondary N) is 1. The predicted molar refractivity (Wildman–Crippen MR) is 122 cm³/mol. The molecule has 160 valence electrons. The van der Waals surface area contributed by atoms with E-state index in [9.17, 15) is 9.59 Å². The lowest BCUT2D eigenvalue weighted by Gasteiger charge is -2.20. The van der Waals surface area contributed by atoms with Gasteiger partial charge in [-0.3, -0.25) is 4.79 Å². The number of carbonyl (C=O) groups excluding carboxylic acids is 2. The number of esters is 1. The maximum absolute atomic E-state index is 13.4. The summed E-state index contributed by atoms with van der Waals surface area (Å²) in [5.74, 6) is -0.212. The first-order chi connectivity index (χ1) is 14.9. The number of fused-ring (bicyclic) bond motifs is 4. The van der Waals surface area contributed by atoms with Crippen LogP contribution in [0.25, 0.3) is 10.9 Å². The number of nitrogens with two attached hydrogens (primary N) is 1. The number of amides is 1. The lowest BCUT2D eigenvalue weighted by molar-refractivity contribution is -0.118. The summed E-state index contributed by atoms with van der Waals surface area (Å²) >= 11 is 0. The van der Waals surface area contributed by atoms with Gasteiger partial charge >= 0.3 is 5.97 Å². The standard InChI is InChI=1S/C23H24N3O4P/c1-11-19(23(28)29-2)20-14-6-7-26(15(14)10-18(31-3)21(20)25-11)22(27)17-9-12-8-13(24)4-5-16(12)30-17/h4-5,8-10,12,16,25,31H,6-7,24H2,1-3H3. The number of allylic oxidation sites excluding steroid dienone is 1. The third kappa shape index (κ3) is 2.99. The van der Waals surface area contributed by atoms with E-state index in [0.29, 0.717) is 38.6 Å². The van der Waals surface area contributed by atoms with E-state index in [1.54, 1.807) is 11.0 Å². The molecule has 8 heteroatoms. The van der Waals surface area contributed by atoms with Crippen molar-refractivity contribution in [1.82, 2.24) is 4.98 Å². The van der Waals surface area contributed by atoms with Gasteiger partial charge in [0.25, 0.3) is 5.91 Å². The number of nitrogens with zero attached hydrogens (tertiary/aromatic N) is 1. The molecule has 31 heavy (non-hydrogen) atoms. The van der Waals surface area contributed by atoms with E-state index in [0.717, 1.165) is 33.2 Å². The summed E-state index contributed by atoms with van der Waals surface area (Å²) in [6.07, 6.45) is 7.93. The van der Waals surface area contributed by atoms with Crippen LogP contribution in [0.2, 0.25) is 0 Å². The maximum Gasteiger partial charge on any atom is 0.340 e. The Bertz CT molecular complexity index is 1220. The van der Waals surface area contributed by atoms with Gasteiger partial charge in [0.2, 0.25) is 0 Å². The third-order valence-electron chi connectivity index (χ3n) is 6.19. The average Bonchev–Trinajstić information content (AvgIpc) is 3.45. The summed E-state index contributed by atoms with van der Waals surface area (Å²) in [6, 6.07) is 2.07. The zero-order chi connectivity index (χ0) is 21.9. The molecule has 3 heterocycles. The van der Waals surface area contributed by atoms with Gasteiger partial charge in [-0.1, -0.05) is 14.7 Å². The van der Waals surface area contributed by atoms with E-state index in [4.69, 9.17) is 15.2 Å². The van der Waals surface area contributed by atoms with Crippen LogP contribution >= 0.6 is 8.58 Å². The molecule has 1 amide bonds. The van der Waals surface area contributed by atoms with Gasteiger partial charge in [-0.05, 0) is 55.2 Å². The van der Waals surface area contributed by atoms with Gasteiger partial charge in [-0.2, -0.15) is 0 Å². The number of aromatic nitrogens is 1. The molecule has 3 N–H and O–H groups in total. The maximum atomic E-state index is 13.4. The number of rotatable bonds is 3. The molecular weight excluding hydrogens is 413 g/mol. The SMILES string of the molecule is COC(=O)c1c(C)[nH]c2c(PC)cc3c(c12)CCN3C(=O)C1=CC2C=C(N)C=CC2O1. The van der Waals surface area contributed by atoms with Crippen LogP contribution < -0.4 is 15.9 Å². The van der Waals surface area contributed by atoms with Crippen molar-refractivity contribution in [3.63, 3.8) is 0 Å². The van der Waals surface area contributed by atoms with Crippen molar-refractivity contribution in [3.05, 3.63) is 58.6 Å². The second-order valence-electron chi connectivity index (χ2n) is 7.96. The van der Waals surface area contributed by atoms with Crippen LogP contribution in [0.1, 0.15) is 21.6 Å². The molecule has 0 spiro atoms. The number of aromatic amines is 1. The average molecular weight is 437 g/mol. The first-order valence-electron chi connectivity index (χ1n) is 10.2. The normalized spacial score (nSPS) is 21.8. The van der Waals surface area contributed by atoms with Crippen molar-refractivity contribution in [2.75, 3.05) is 25.2 Å². The molecule has 3 aliphatic rings. The van der Waals surface area contributed by atoms with Crippen LogP contribution in [-0.4, -0.2) is 43.3 Å². The Morgan fingerprint density at radius 3 is 2.90 bits per heavy atom. The molecule has 0 radical (unpaired) electrons. The van der Waals surface area contributed by atoms with E-state index in [1.807, 2.05) is 25.2 Å². The summed E-state index contributed by atoms with van der Waals surface area (Å²) in [7, 11) is 1.89. The summed E-state index contributed by atoms with van der Waals surface area (Å²) < 4.78 is 11.0. The smallest absolute Gasteiger partial charge is 0.340 e. The first kappa shape index (κ1) is 19.9. The van der Waals surface area contributed by atoms with Crippen LogP contribution in [0.3, 0.4) is 0 Å². The Labute approximate surface area is 181 Å². The molecule has 0 saturated heterocycles. The van der Waals surface area contributed by atoms with Crippen molar-refractivity contribution >= 4 is 42.4 Å². The Morgan fingerprint density at radius 1 is 1.35 bits per heavy atom. The molecule has 2 aliphatic heterocycles. The highest BCUT2D eigenvalue weighted by molar-refractivity contribution is 7.47. The van der Waals surface area contributed by atoms with Gasteiger partial charge in [0.05, 0.1) is 18.2 Å². The number of H-pyrrole nitrogens is 1. The minimum atomic E-state index is -0.366. The van der Waals surface area contributed by atoms with Gasteiger partial charge in [0.1, 0.15) is 6.10 Å². The molecule has 0 bridgehead atoms. The van der Waals surface area contributed by atoms with E-state index in [-0.39, 0.29) is 23.9 Å². The summed E-state index contributed by atoms with van der Waals surface area (Å²) in [5.41, 5.74) is 10.7. The van der Waals surface area contributed by atoms with Crippen molar-refractivity contribution < 1.29 is 19.1 Å². The topological polar surface area (TPSA) is 97.7 Å². The highest BCUT2D eigenvalue weighted by Crippen LogP contribution is 2.40. The summed E-state index contributed by atoms with van der Waals surface area (Å²) in [4.78, 5) is 31.1. The second-order valence-corrected chi connectivity index (χ2v) is 9.00. The number of anilines is 1. The molecule has 0 fully saturated rings. The molecule has 1 aromatic heterocycles. The quantitative estimate of drug-likeness (QED) is 0.568. The Hall–Kier alpha value is -3.05. The fraction of sp³-hybridized carbons (Fsp3) is 0.304. The van der Waals surface area contributed by atoms with Crippen LogP contribution in [-0.2, 0) is 20.7 Å². The zero-order valence-corrected chi connectivity index (χ0v) is 18.6. The van der Waals surface area contributed by atoms with Gasteiger partial charge in [-0.15, -0.1) is 0 Å². The van der Waals surface area contributed by atoms with Crippen LogP contribution in [0.5, 0.6) is 0 Å². The highest BCUT2D eigenvalue weighted by atomic mass is 31.1. The van der Waals surface area contributed by atoms with E-state index < -0.39 is 0 Å². The molecule has 3 atom stereocenters. The van der Waals surface area contributed by atoms with Gasteiger partial charge in [-0.25, -0.2) is 4.79 Å². The number of ether oxygens (including phenoxy) is 2. The molecule has 5 rings (SSSR count). The first-order valence-corrected chi connectivity index (χ1v) is 11.7. The molecule has 7 nitrogen and oxygen atoms in total. The van der Waals surface area contributed by atoms with Crippen molar-refractivity contribution in [2.24, 2.45) is 11.7 Å². The summed E-state index contributed by atoms with van der Waals surface area (Å²) in [5, 5.41) is 1.95. The van der Waals surface area contributed by atoms with Gasteiger partial charge in [0, 0.05) is 34.9 Å². The number of methoxy groups -OCH3 is 1. The minimum absolute atomic E-state index is 0.0283. The molecular formula is C23H24N3O4P. The number of hydrogen-bond donors (Lipinski definition) is 2. The largest absolute Gasteiger partial charge is 0.480 e. The predicted octanol–water partition coefficient (Wildman–Crippen LogP) is 2.40. The second kappa shape index (κ2) is 7.27. The minimum Gasteiger partial charge on any atom is -0.480 e. The third-order valence-corrected chi connectivity index (χ3v) is 7.12. The van der Waals surface area contributed by atoms with E-state index >= 15 is 0 Å². The highest BCUT2D eigenvalue weighted by Gasteiger charge is 2.37. The van der Waals surface area contributed by atoms with Crippen molar-refractivity contribution in [3.8, 4) is 0 Å². The fourth-order valence-corrected chi connectivity index (χ4v) is 5.46. The monoisotopic (exact) mass is 437 g/mol. The molecule has 2 aromatic rings. The Morgan fingerprint density at radius 2 is 2.16 bits per heavy atom. The van der Waals surface area contributed by atoms with Crippen LogP contribution in [0, 0.1) is 12.8 Å². The Kier molecular flexibility index (Phi) is 4.67.